The van der Waals surface area contributed by atoms with E-state index < -0.39 is 11.9 Å². The highest BCUT2D eigenvalue weighted by Gasteiger charge is 2.33. The summed E-state index contributed by atoms with van der Waals surface area (Å²) in [6, 6.07) is 4.21. The summed E-state index contributed by atoms with van der Waals surface area (Å²) < 4.78 is 39.0. The first-order valence-electron chi connectivity index (χ1n) is 5.95. The fourth-order valence-electron chi connectivity index (χ4n) is 1.63. The highest BCUT2D eigenvalue weighted by atomic mass is 35.5. The van der Waals surface area contributed by atoms with Crippen LogP contribution in [0.2, 0.25) is 4.34 Å². The predicted octanol–water partition coefficient (Wildman–Crippen LogP) is 4.43. The Morgan fingerprint density at radius 1 is 1.29 bits per heavy atom. The molecule has 0 radical (unpaired) electrons. The fraction of sp³-hybridized carbons (Fsp3) is 0.333. The van der Waals surface area contributed by atoms with E-state index in [0.717, 1.165) is 10.9 Å². The largest absolute Gasteiger partial charge is 0.433 e. The molecule has 0 spiro atoms. The number of hydrogen-bond acceptors (Lipinski definition) is 5. The van der Waals surface area contributed by atoms with Gasteiger partial charge in [0.1, 0.15) is 5.82 Å². The van der Waals surface area contributed by atoms with Crippen molar-refractivity contribution in [3.63, 3.8) is 0 Å². The van der Waals surface area contributed by atoms with Gasteiger partial charge in [-0.05, 0) is 19.1 Å². The zero-order chi connectivity index (χ0) is 15.6. The number of anilines is 2. The van der Waals surface area contributed by atoms with Crippen LogP contribution in [0.4, 0.5) is 24.9 Å². The Hall–Kier alpha value is -1.54. The van der Waals surface area contributed by atoms with E-state index in [9.17, 15) is 13.2 Å². The molecule has 2 rings (SSSR count). The van der Waals surface area contributed by atoms with Crippen LogP contribution in [0.1, 0.15) is 23.5 Å². The summed E-state index contributed by atoms with van der Waals surface area (Å²) >= 11 is 7.20. The molecular formula is C12H12ClF3N4S. The number of rotatable bonds is 4. The SMILES string of the molecule is CNc1nc(NC(C)c2ccc(Cl)s2)cc(C(F)(F)F)n1. The zero-order valence-electron chi connectivity index (χ0n) is 11.1. The van der Waals surface area contributed by atoms with E-state index in [-0.39, 0.29) is 17.8 Å². The van der Waals surface area contributed by atoms with Crippen molar-refractivity contribution in [3.05, 3.63) is 33.1 Å². The number of hydrogen-bond donors (Lipinski definition) is 2. The van der Waals surface area contributed by atoms with E-state index in [1.54, 1.807) is 6.07 Å². The molecule has 2 heterocycles. The number of aromatic nitrogens is 2. The third kappa shape index (κ3) is 3.98. The number of thiophene rings is 1. The minimum absolute atomic E-state index is 0.0938. The van der Waals surface area contributed by atoms with E-state index in [1.807, 2.05) is 13.0 Å². The van der Waals surface area contributed by atoms with Gasteiger partial charge in [0.25, 0.3) is 0 Å². The maximum atomic E-state index is 12.8. The van der Waals surface area contributed by atoms with Crippen molar-refractivity contribution in [1.29, 1.82) is 0 Å². The lowest BCUT2D eigenvalue weighted by Gasteiger charge is -2.15. The lowest BCUT2D eigenvalue weighted by atomic mass is 10.2. The van der Waals surface area contributed by atoms with Crippen LogP contribution < -0.4 is 10.6 Å². The van der Waals surface area contributed by atoms with Crippen molar-refractivity contribution >= 4 is 34.7 Å². The highest BCUT2D eigenvalue weighted by molar-refractivity contribution is 7.16. The van der Waals surface area contributed by atoms with Crippen LogP contribution >= 0.6 is 22.9 Å². The Morgan fingerprint density at radius 2 is 2.00 bits per heavy atom. The summed E-state index contributed by atoms with van der Waals surface area (Å²) in [7, 11) is 1.46. The van der Waals surface area contributed by atoms with Gasteiger partial charge in [-0.25, -0.2) is 4.98 Å². The minimum atomic E-state index is -4.53. The van der Waals surface area contributed by atoms with Gasteiger partial charge in [0.15, 0.2) is 5.69 Å². The molecule has 4 nitrogen and oxygen atoms in total. The summed E-state index contributed by atoms with van der Waals surface area (Å²) in [5, 5.41) is 5.44. The first-order valence-corrected chi connectivity index (χ1v) is 7.15. The van der Waals surface area contributed by atoms with E-state index in [0.29, 0.717) is 4.34 Å². The second-order valence-electron chi connectivity index (χ2n) is 4.22. The molecule has 114 valence electrons. The van der Waals surface area contributed by atoms with Gasteiger partial charge in [0.05, 0.1) is 10.4 Å². The van der Waals surface area contributed by atoms with Gasteiger partial charge in [0, 0.05) is 18.0 Å². The monoisotopic (exact) mass is 336 g/mol. The van der Waals surface area contributed by atoms with Gasteiger partial charge in [0.2, 0.25) is 5.95 Å². The van der Waals surface area contributed by atoms with Crippen LogP contribution in [0, 0.1) is 0 Å². The predicted molar refractivity (Wildman–Crippen MR) is 77.9 cm³/mol. The molecule has 9 heteroatoms. The van der Waals surface area contributed by atoms with E-state index >= 15 is 0 Å². The Kier molecular flexibility index (Phi) is 4.58. The van der Waals surface area contributed by atoms with Crippen molar-refractivity contribution in [2.24, 2.45) is 0 Å². The van der Waals surface area contributed by atoms with E-state index in [2.05, 4.69) is 20.6 Å². The molecule has 21 heavy (non-hydrogen) atoms. The molecule has 0 aliphatic carbocycles. The van der Waals surface area contributed by atoms with Crippen molar-refractivity contribution in [1.82, 2.24) is 9.97 Å². The number of nitrogens with zero attached hydrogens (tertiary/aromatic N) is 2. The van der Waals surface area contributed by atoms with Gasteiger partial charge in [-0.3, -0.25) is 0 Å². The average Bonchev–Trinajstić information content (AvgIpc) is 2.84. The number of nitrogens with one attached hydrogen (secondary N) is 2. The van der Waals surface area contributed by atoms with E-state index in [1.165, 1.54) is 18.4 Å². The molecule has 0 saturated carbocycles. The molecule has 2 N–H and O–H groups in total. The molecule has 0 bridgehead atoms. The fourth-order valence-corrected chi connectivity index (χ4v) is 2.70. The van der Waals surface area contributed by atoms with Crippen molar-refractivity contribution in [2.45, 2.75) is 19.1 Å². The average molecular weight is 337 g/mol. The van der Waals surface area contributed by atoms with Crippen molar-refractivity contribution in [3.8, 4) is 0 Å². The smallest absolute Gasteiger partial charge is 0.363 e. The summed E-state index contributed by atoms with van der Waals surface area (Å²) in [6.45, 7) is 1.82. The molecule has 0 fully saturated rings. The van der Waals surface area contributed by atoms with Crippen LogP contribution in [0.3, 0.4) is 0 Å². The summed E-state index contributed by atoms with van der Waals surface area (Å²) in [5.74, 6) is 0.00225. The molecule has 1 unspecified atom stereocenters. The third-order valence-corrected chi connectivity index (χ3v) is 4.04. The van der Waals surface area contributed by atoms with Gasteiger partial charge in [-0.1, -0.05) is 11.6 Å². The van der Waals surface area contributed by atoms with Gasteiger partial charge < -0.3 is 10.6 Å². The minimum Gasteiger partial charge on any atom is -0.363 e. The molecule has 2 aromatic rings. The Bertz CT molecular complexity index is 629. The maximum absolute atomic E-state index is 12.8. The lowest BCUT2D eigenvalue weighted by Crippen LogP contribution is -2.14. The second-order valence-corrected chi connectivity index (χ2v) is 5.96. The summed E-state index contributed by atoms with van der Waals surface area (Å²) in [4.78, 5) is 8.28. The Morgan fingerprint density at radius 3 is 2.52 bits per heavy atom. The third-order valence-electron chi connectivity index (χ3n) is 2.63. The van der Waals surface area contributed by atoms with Gasteiger partial charge in [-0.2, -0.15) is 18.2 Å². The molecule has 0 amide bonds. The van der Waals surface area contributed by atoms with Crippen LogP contribution in [0.5, 0.6) is 0 Å². The van der Waals surface area contributed by atoms with Gasteiger partial charge in [-0.15, -0.1) is 11.3 Å². The van der Waals surface area contributed by atoms with Crippen LogP contribution in [-0.2, 0) is 6.18 Å². The van der Waals surface area contributed by atoms with Crippen molar-refractivity contribution in [2.75, 3.05) is 17.7 Å². The lowest BCUT2D eigenvalue weighted by molar-refractivity contribution is -0.141. The van der Waals surface area contributed by atoms with Crippen LogP contribution in [0.25, 0.3) is 0 Å². The molecule has 0 aliphatic rings. The van der Waals surface area contributed by atoms with E-state index in [4.69, 9.17) is 11.6 Å². The molecular weight excluding hydrogens is 325 g/mol. The zero-order valence-corrected chi connectivity index (χ0v) is 12.7. The number of halogens is 4. The Labute approximate surface area is 128 Å². The summed E-state index contributed by atoms with van der Waals surface area (Å²) in [6.07, 6.45) is -4.53. The second kappa shape index (κ2) is 6.07. The summed E-state index contributed by atoms with van der Waals surface area (Å²) in [5.41, 5.74) is -0.999. The first-order chi connectivity index (χ1) is 9.79. The topological polar surface area (TPSA) is 49.8 Å². The first kappa shape index (κ1) is 15.8. The normalized spacial score (nSPS) is 13.0. The number of alkyl halides is 3. The highest BCUT2D eigenvalue weighted by Crippen LogP contribution is 2.32. The van der Waals surface area contributed by atoms with Crippen molar-refractivity contribution < 1.29 is 13.2 Å². The maximum Gasteiger partial charge on any atom is 0.433 e. The molecule has 0 aliphatic heterocycles. The molecule has 0 saturated heterocycles. The molecule has 1 atom stereocenters. The van der Waals surface area contributed by atoms with Crippen LogP contribution in [-0.4, -0.2) is 17.0 Å². The van der Waals surface area contributed by atoms with Crippen LogP contribution in [0.15, 0.2) is 18.2 Å². The molecule has 0 aromatic carbocycles. The Balaban J connectivity index is 2.27. The quantitative estimate of drug-likeness (QED) is 0.867. The van der Waals surface area contributed by atoms with Gasteiger partial charge >= 0.3 is 6.18 Å². The standard InChI is InChI=1S/C12H12ClF3N4S/c1-6(7-3-4-9(13)21-7)18-10-5-8(12(14,15)16)19-11(17-2)20-10/h3-6H,1-2H3,(H2,17,18,19,20). The molecule has 2 aromatic heterocycles.